The quantitative estimate of drug-likeness (QED) is 0.443. The summed E-state index contributed by atoms with van der Waals surface area (Å²) in [4.78, 5) is 2.75. The Morgan fingerprint density at radius 2 is 2.00 bits per heavy atom. The molecule has 18 heavy (non-hydrogen) atoms. The molecule has 0 amide bonds. The molecule has 0 aliphatic carbocycles. The van der Waals surface area contributed by atoms with E-state index in [9.17, 15) is 0 Å². The summed E-state index contributed by atoms with van der Waals surface area (Å²) in [7, 11) is 0. The molecule has 0 aliphatic heterocycles. The summed E-state index contributed by atoms with van der Waals surface area (Å²) < 4.78 is 5.68. The molecular formula is C14H12N3O. The minimum atomic E-state index is 0.276. The first kappa shape index (κ1) is 12.0. The third kappa shape index (κ3) is 3.27. The van der Waals surface area contributed by atoms with Gasteiger partial charge in [-0.05, 0) is 11.1 Å². The summed E-state index contributed by atoms with van der Waals surface area (Å²) in [5.74, 6) is 0.633. The Morgan fingerprint density at radius 3 is 2.78 bits per heavy atom. The van der Waals surface area contributed by atoms with E-state index < -0.39 is 0 Å². The highest BCUT2D eigenvalue weighted by Crippen LogP contribution is 2.19. The van der Waals surface area contributed by atoms with E-state index in [0.717, 1.165) is 11.1 Å². The molecule has 0 bridgehead atoms. The Bertz CT molecular complexity index is 548. The molecule has 2 rings (SSSR count). The van der Waals surface area contributed by atoms with Crippen molar-refractivity contribution in [3.8, 4) is 5.75 Å². The van der Waals surface area contributed by atoms with Gasteiger partial charge in [0, 0.05) is 16.5 Å². The van der Waals surface area contributed by atoms with E-state index in [1.807, 2.05) is 42.5 Å². The van der Waals surface area contributed by atoms with E-state index in [1.165, 1.54) is 0 Å². The SMILES string of the molecule is [N-]=[N+]=NCc1ccc[c]c1OCc1ccccc1. The number of hydrogen-bond acceptors (Lipinski definition) is 2. The van der Waals surface area contributed by atoms with Gasteiger partial charge in [-0.3, -0.25) is 0 Å². The number of ether oxygens (including phenoxy) is 1. The van der Waals surface area contributed by atoms with Gasteiger partial charge in [0.2, 0.25) is 0 Å². The Morgan fingerprint density at radius 1 is 1.17 bits per heavy atom. The molecule has 0 fully saturated rings. The molecule has 0 saturated heterocycles. The number of benzene rings is 2. The van der Waals surface area contributed by atoms with Crippen molar-refractivity contribution < 1.29 is 4.74 Å². The zero-order chi connectivity index (χ0) is 12.6. The highest BCUT2D eigenvalue weighted by molar-refractivity contribution is 5.32. The van der Waals surface area contributed by atoms with Crippen molar-refractivity contribution in [2.24, 2.45) is 5.11 Å². The largest absolute Gasteiger partial charge is 0.488 e. The molecule has 0 saturated carbocycles. The third-order valence-electron chi connectivity index (χ3n) is 2.43. The fourth-order valence-electron chi connectivity index (χ4n) is 1.55. The maximum atomic E-state index is 8.33. The highest BCUT2D eigenvalue weighted by Gasteiger charge is 2.02. The molecule has 2 aromatic rings. The van der Waals surface area contributed by atoms with E-state index >= 15 is 0 Å². The van der Waals surface area contributed by atoms with Crippen molar-refractivity contribution in [3.63, 3.8) is 0 Å². The average molecular weight is 238 g/mol. The maximum absolute atomic E-state index is 8.33. The van der Waals surface area contributed by atoms with Gasteiger partial charge in [0.1, 0.15) is 12.4 Å². The highest BCUT2D eigenvalue weighted by atomic mass is 16.5. The van der Waals surface area contributed by atoms with Gasteiger partial charge in [-0.15, -0.1) is 0 Å². The molecule has 0 atom stereocenters. The van der Waals surface area contributed by atoms with E-state index in [-0.39, 0.29) is 6.54 Å². The Balaban J connectivity index is 2.07. The van der Waals surface area contributed by atoms with Crippen molar-refractivity contribution in [2.75, 3.05) is 0 Å². The summed E-state index contributed by atoms with van der Waals surface area (Å²) in [6.45, 7) is 0.753. The molecule has 4 nitrogen and oxygen atoms in total. The Kier molecular flexibility index (Phi) is 4.22. The standard InChI is InChI=1S/C14H12N3O/c15-17-16-10-13-8-4-5-9-14(13)18-11-12-6-2-1-3-7-12/h1-8H,10-11H2. The Hall–Kier alpha value is -2.45. The zero-order valence-corrected chi connectivity index (χ0v) is 9.78. The third-order valence-corrected chi connectivity index (χ3v) is 2.43. The number of azide groups is 1. The number of para-hydroxylation sites is 1. The van der Waals surface area contributed by atoms with Crippen molar-refractivity contribution in [1.82, 2.24) is 0 Å². The van der Waals surface area contributed by atoms with Crippen LogP contribution in [0.25, 0.3) is 10.4 Å². The van der Waals surface area contributed by atoms with Gasteiger partial charge < -0.3 is 4.74 Å². The fourth-order valence-corrected chi connectivity index (χ4v) is 1.55. The average Bonchev–Trinajstić information content (AvgIpc) is 2.45. The van der Waals surface area contributed by atoms with E-state index in [0.29, 0.717) is 12.4 Å². The van der Waals surface area contributed by atoms with Crippen molar-refractivity contribution in [1.29, 1.82) is 0 Å². The summed E-state index contributed by atoms with van der Waals surface area (Å²) in [5.41, 5.74) is 10.3. The van der Waals surface area contributed by atoms with Gasteiger partial charge >= 0.3 is 0 Å². The second-order valence-corrected chi connectivity index (χ2v) is 3.69. The lowest BCUT2D eigenvalue weighted by Crippen LogP contribution is -1.98. The van der Waals surface area contributed by atoms with Gasteiger partial charge in [0.25, 0.3) is 0 Å². The molecule has 4 heteroatoms. The molecule has 2 aromatic carbocycles. The monoisotopic (exact) mass is 238 g/mol. The van der Waals surface area contributed by atoms with Gasteiger partial charge in [0.05, 0.1) is 6.54 Å². The lowest BCUT2D eigenvalue weighted by molar-refractivity contribution is 0.302. The predicted molar refractivity (Wildman–Crippen MR) is 68.9 cm³/mol. The number of hydrogen-bond donors (Lipinski definition) is 0. The molecule has 0 N–H and O–H groups in total. The van der Waals surface area contributed by atoms with Crippen LogP contribution < -0.4 is 4.74 Å². The van der Waals surface area contributed by atoms with Crippen LogP contribution in [0.3, 0.4) is 0 Å². The van der Waals surface area contributed by atoms with Crippen molar-refractivity contribution >= 4 is 0 Å². The first-order valence-electron chi connectivity index (χ1n) is 5.57. The minimum Gasteiger partial charge on any atom is -0.488 e. The van der Waals surface area contributed by atoms with E-state index in [2.05, 4.69) is 16.1 Å². The van der Waals surface area contributed by atoms with Crippen LogP contribution in [0.5, 0.6) is 5.75 Å². The first-order valence-corrected chi connectivity index (χ1v) is 5.57. The smallest absolute Gasteiger partial charge is 0.131 e. The zero-order valence-electron chi connectivity index (χ0n) is 9.78. The minimum absolute atomic E-state index is 0.276. The van der Waals surface area contributed by atoms with Crippen LogP contribution in [0.15, 0.2) is 53.6 Å². The number of nitrogens with zero attached hydrogens (tertiary/aromatic N) is 3. The maximum Gasteiger partial charge on any atom is 0.131 e. The summed E-state index contributed by atoms with van der Waals surface area (Å²) in [5, 5.41) is 3.54. The van der Waals surface area contributed by atoms with Crippen LogP contribution in [0, 0.1) is 6.07 Å². The van der Waals surface area contributed by atoms with Gasteiger partial charge in [-0.1, -0.05) is 53.6 Å². The van der Waals surface area contributed by atoms with Crippen LogP contribution in [0.2, 0.25) is 0 Å². The molecule has 0 aromatic heterocycles. The van der Waals surface area contributed by atoms with Gasteiger partial charge in [0.15, 0.2) is 0 Å². The Labute approximate surface area is 105 Å². The molecule has 0 aliphatic rings. The molecular weight excluding hydrogens is 226 g/mol. The first-order chi connectivity index (χ1) is 8.90. The molecule has 0 heterocycles. The second-order valence-electron chi connectivity index (χ2n) is 3.69. The topological polar surface area (TPSA) is 58.0 Å². The predicted octanol–water partition coefficient (Wildman–Crippen LogP) is 3.88. The van der Waals surface area contributed by atoms with Crippen LogP contribution in [-0.4, -0.2) is 0 Å². The lowest BCUT2D eigenvalue weighted by atomic mass is 10.2. The van der Waals surface area contributed by atoms with Crippen LogP contribution >= 0.6 is 0 Å². The van der Waals surface area contributed by atoms with E-state index in [1.54, 1.807) is 6.07 Å². The van der Waals surface area contributed by atoms with E-state index in [4.69, 9.17) is 10.3 Å². The van der Waals surface area contributed by atoms with Crippen molar-refractivity contribution in [2.45, 2.75) is 13.2 Å². The molecule has 0 spiro atoms. The van der Waals surface area contributed by atoms with Crippen LogP contribution in [-0.2, 0) is 13.2 Å². The number of rotatable bonds is 5. The summed E-state index contributed by atoms with van der Waals surface area (Å²) in [6, 6.07) is 18.4. The summed E-state index contributed by atoms with van der Waals surface area (Å²) >= 11 is 0. The fraction of sp³-hybridized carbons (Fsp3) is 0.143. The lowest BCUT2D eigenvalue weighted by Gasteiger charge is -2.09. The normalized spacial score (nSPS) is 9.56. The molecule has 0 unspecified atom stereocenters. The summed E-state index contributed by atoms with van der Waals surface area (Å²) in [6.07, 6.45) is 0. The van der Waals surface area contributed by atoms with Crippen LogP contribution in [0.4, 0.5) is 0 Å². The van der Waals surface area contributed by atoms with Gasteiger partial charge in [-0.2, -0.15) is 0 Å². The van der Waals surface area contributed by atoms with Gasteiger partial charge in [-0.25, -0.2) is 0 Å². The van der Waals surface area contributed by atoms with Crippen LogP contribution in [0.1, 0.15) is 11.1 Å². The van der Waals surface area contributed by atoms with Crippen molar-refractivity contribution in [3.05, 3.63) is 76.2 Å². The molecule has 89 valence electrons. The molecule has 1 radical (unpaired) electrons. The second kappa shape index (κ2) is 6.33.